The number of carbonyl (C=O) groups excluding carboxylic acids is 2. The Kier molecular flexibility index (Phi) is 5.46. The maximum atomic E-state index is 13.9. The van der Waals surface area contributed by atoms with Crippen LogP contribution in [0.1, 0.15) is 37.1 Å². The highest BCUT2D eigenvalue weighted by molar-refractivity contribution is 6.08. The van der Waals surface area contributed by atoms with E-state index in [1.165, 1.54) is 6.07 Å². The number of nitro groups is 1. The molecule has 39 heavy (non-hydrogen) atoms. The van der Waals surface area contributed by atoms with Gasteiger partial charge in [-0.1, -0.05) is 56.3 Å². The summed E-state index contributed by atoms with van der Waals surface area (Å²) in [5, 5.41) is 17.7. The van der Waals surface area contributed by atoms with E-state index in [1.54, 1.807) is 46.3 Å². The van der Waals surface area contributed by atoms with Gasteiger partial charge in [0.1, 0.15) is 17.9 Å². The molecule has 1 unspecified atom stereocenters. The maximum absolute atomic E-state index is 13.9. The van der Waals surface area contributed by atoms with Gasteiger partial charge in [0.2, 0.25) is 5.91 Å². The summed E-state index contributed by atoms with van der Waals surface area (Å²) in [5.74, 6) is -0.534. The van der Waals surface area contributed by atoms with E-state index in [0.717, 1.165) is 11.3 Å². The number of hydrogen-bond acceptors (Lipinski definition) is 6. The number of amides is 2. The highest BCUT2D eigenvalue weighted by Crippen LogP contribution is 2.60. The quantitative estimate of drug-likeness (QED) is 0.219. The summed E-state index contributed by atoms with van der Waals surface area (Å²) in [7, 11) is 0. The molecular weight excluding hydrogens is 496 g/mol. The Balaban J connectivity index is 1.32. The third-order valence-electron chi connectivity index (χ3n) is 8.47. The number of nitro benzene ring substituents is 1. The number of nitrogens with zero attached hydrogens (tertiary/aromatic N) is 4. The maximum Gasteiger partial charge on any atom is 0.274 e. The molecule has 3 aliphatic heterocycles. The van der Waals surface area contributed by atoms with E-state index in [-0.39, 0.29) is 29.7 Å². The van der Waals surface area contributed by atoms with Crippen LogP contribution in [0.5, 0.6) is 0 Å². The van der Waals surface area contributed by atoms with Crippen molar-refractivity contribution in [1.82, 2.24) is 19.8 Å². The number of fused-ring (bicyclic) bond motifs is 5. The molecule has 1 aromatic heterocycles. The monoisotopic (exact) mass is 524 g/mol. The van der Waals surface area contributed by atoms with Crippen molar-refractivity contribution in [3.05, 3.63) is 106 Å². The standard InChI is InChI=1S/C29H28N6O4/c1-4-28(2,3)29-14-24-25(36)31-22(26(37)34(24)27(29)32-21-11-7-6-10-20(21)29)13-19-16-33(17-30-19)15-18-9-5-8-12-23(18)35(38)39/h4-13,16-17,24,27,32H,1,14-15H2,2-3H3,(H,31,36)/b22-13-/t24-,27?,29+/m0/s1. The fourth-order valence-corrected chi connectivity index (χ4v) is 6.36. The van der Waals surface area contributed by atoms with Crippen LogP contribution < -0.4 is 10.6 Å². The molecule has 3 aliphatic rings. The van der Waals surface area contributed by atoms with Crippen molar-refractivity contribution in [2.24, 2.45) is 5.41 Å². The number of benzene rings is 2. The fraction of sp³-hybridized carbons (Fsp3) is 0.276. The van der Waals surface area contributed by atoms with Crippen molar-refractivity contribution >= 4 is 29.3 Å². The Bertz CT molecular complexity index is 1570. The zero-order chi connectivity index (χ0) is 27.5. The van der Waals surface area contributed by atoms with Gasteiger partial charge in [-0.25, -0.2) is 4.98 Å². The van der Waals surface area contributed by atoms with E-state index in [9.17, 15) is 19.7 Å². The summed E-state index contributed by atoms with van der Waals surface area (Å²) < 4.78 is 1.70. The van der Waals surface area contributed by atoms with E-state index in [1.807, 2.05) is 24.3 Å². The molecule has 2 aromatic carbocycles. The Hall–Kier alpha value is -4.73. The van der Waals surface area contributed by atoms with E-state index in [4.69, 9.17) is 0 Å². The number of hydrogen-bond donors (Lipinski definition) is 2. The Labute approximate surface area is 225 Å². The number of aromatic nitrogens is 2. The molecule has 0 spiro atoms. The van der Waals surface area contributed by atoms with Gasteiger partial charge in [0.25, 0.3) is 11.6 Å². The zero-order valence-electron chi connectivity index (χ0n) is 21.6. The molecule has 0 bridgehead atoms. The largest absolute Gasteiger partial charge is 0.364 e. The molecule has 2 fully saturated rings. The van der Waals surface area contributed by atoms with Gasteiger partial charge in [-0.15, -0.1) is 6.58 Å². The highest BCUT2D eigenvalue weighted by Gasteiger charge is 2.66. The van der Waals surface area contributed by atoms with Crippen LogP contribution in [0.25, 0.3) is 6.08 Å². The van der Waals surface area contributed by atoms with Gasteiger partial charge in [0, 0.05) is 28.9 Å². The molecule has 0 saturated carbocycles. The molecule has 0 aliphatic carbocycles. The van der Waals surface area contributed by atoms with E-state index >= 15 is 0 Å². The van der Waals surface area contributed by atoms with Crippen molar-refractivity contribution in [1.29, 1.82) is 0 Å². The summed E-state index contributed by atoms with van der Waals surface area (Å²) in [6, 6.07) is 13.9. The number of anilines is 1. The molecule has 2 saturated heterocycles. The van der Waals surface area contributed by atoms with Gasteiger partial charge in [0.15, 0.2) is 0 Å². The second kappa shape index (κ2) is 8.65. The lowest BCUT2D eigenvalue weighted by atomic mass is 9.60. The number of rotatable bonds is 6. The fourth-order valence-electron chi connectivity index (χ4n) is 6.36. The number of piperazine rings is 1. The van der Waals surface area contributed by atoms with Crippen molar-refractivity contribution in [3.8, 4) is 0 Å². The normalized spacial score (nSPS) is 24.6. The SMILES string of the molecule is C=CC(C)(C)[C@@]12C[C@H]3C(=O)N/C(=C\c4cn(Cc5ccccc5[N+](=O)[O-])cn4)C(=O)N3C1Nc1ccccc12. The number of carbonyl (C=O) groups is 2. The summed E-state index contributed by atoms with van der Waals surface area (Å²) in [6.45, 7) is 8.52. The predicted octanol–water partition coefficient (Wildman–Crippen LogP) is 3.81. The van der Waals surface area contributed by atoms with Crippen LogP contribution >= 0.6 is 0 Å². The summed E-state index contributed by atoms with van der Waals surface area (Å²) in [6.07, 6.45) is 6.73. The first kappa shape index (κ1) is 24.6. The molecule has 3 aromatic rings. The van der Waals surface area contributed by atoms with Gasteiger partial charge in [-0.2, -0.15) is 0 Å². The number of nitrogens with one attached hydrogen (secondary N) is 2. The van der Waals surface area contributed by atoms with Crippen LogP contribution in [0.15, 0.2) is 79.4 Å². The molecule has 2 amide bonds. The first-order valence-corrected chi connectivity index (χ1v) is 12.8. The average Bonchev–Trinajstić information content (AvgIpc) is 3.59. The molecule has 3 atom stereocenters. The molecule has 4 heterocycles. The molecule has 0 radical (unpaired) electrons. The second-order valence-electron chi connectivity index (χ2n) is 10.8. The summed E-state index contributed by atoms with van der Waals surface area (Å²) in [5.41, 5.74) is 2.23. The molecule has 10 heteroatoms. The zero-order valence-corrected chi connectivity index (χ0v) is 21.6. The van der Waals surface area contributed by atoms with Gasteiger partial charge in [-0.05, 0) is 29.5 Å². The number of imidazole rings is 1. The third kappa shape index (κ3) is 3.58. The third-order valence-corrected chi connectivity index (χ3v) is 8.47. The Morgan fingerprint density at radius 3 is 2.72 bits per heavy atom. The van der Waals surface area contributed by atoms with Gasteiger partial charge in [-0.3, -0.25) is 19.7 Å². The Morgan fingerprint density at radius 2 is 1.95 bits per heavy atom. The molecular formula is C29H28N6O4. The lowest BCUT2D eigenvalue weighted by Crippen LogP contribution is -2.59. The minimum atomic E-state index is -0.629. The van der Waals surface area contributed by atoms with Crippen LogP contribution in [0, 0.1) is 15.5 Å². The topological polar surface area (TPSA) is 122 Å². The van der Waals surface area contributed by atoms with Crippen LogP contribution in [0.3, 0.4) is 0 Å². The van der Waals surface area contributed by atoms with Crippen LogP contribution in [-0.4, -0.2) is 43.4 Å². The average molecular weight is 525 g/mol. The summed E-state index contributed by atoms with van der Waals surface area (Å²) >= 11 is 0. The van der Waals surface area contributed by atoms with Crippen molar-refractivity contribution < 1.29 is 14.5 Å². The van der Waals surface area contributed by atoms with Crippen LogP contribution in [0.2, 0.25) is 0 Å². The molecule has 2 N–H and O–H groups in total. The van der Waals surface area contributed by atoms with Crippen LogP contribution in [-0.2, 0) is 21.5 Å². The highest BCUT2D eigenvalue weighted by atomic mass is 16.6. The van der Waals surface area contributed by atoms with Crippen LogP contribution in [0.4, 0.5) is 11.4 Å². The van der Waals surface area contributed by atoms with Crippen molar-refractivity contribution in [3.63, 3.8) is 0 Å². The Morgan fingerprint density at radius 1 is 1.21 bits per heavy atom. The first-order chi connectivity index (χ1) is 18.7. The van der Waals surface area contributed by atoms with Crippen molar-refractivity contribution in [2.75, 3.05) is 5.32 Å². The molecule has 10 nitrogen and oxygen atoms in total. The lowest BCUT2D eigenvalue weighted by Gasteiger charge is -2.43. The summed E-state index contributed by atoms with van der Waals surface area (Å²) in [4.78, 5) is 44.3. The smallest absolute Gasteiger partial charge is 0.274 e. The lowest BCUT2D eigenvalue weighted by molar-refractivity contribution is -0.385. The van der Waals surface area contributed by atoms with Gasteiger partial charge in [0.05, 0.1) is 23.5 Å². The number of allylic oxidation sites excluding steroid dienone is 1. The predicted molar refractivity (Wildman–Crippen MR) is 145 cm³/mol. The minimum Gasteiger partial charge on any atom is -0.364 e. The molecule has 6 rings (SSSR count). The van der Waals surface area contributed by atoms with E-state index in [0.29, 0.717) is 17.7 Å². The first-order valence-electron chi connectivity index (χ1n) is 12.8. The van der Waals surface area contributed by atoms with E-state index in [2.05, 4.69) is 42.1 Å². The second-order valence-corrected chi connectivity index (χ2v) is 10.8. The van der Waals surface area contributed by atoms with Crippen molar-refractivity contribution in [2.45, 2.75) is 44.4 Å². The van der Waals surface area contributed by atoms with E-state index < -0.39 is 28.0 Å². The number of para-hydroxylation sites is 2. The van der Waals surface area contributed by atoms with Gasteiger partial charge < -0.3 is 20.1 Å². The minimum absolute atomic E-state index is 0.0249. The van der Waals surface area contributed by atoms with Gasteiger partial charge >= 0.3 is 0 Å². The molecule has 198 valence electrons.